The minimum Gasteiger partial charge on any atom is -0.484 e. The third-order valence-corrected chi connectivity index (χ3v) is 3.23. The highest BCUT2D eigenvalue weighted by Gasteiger charge is 2.04. The molecule has 0 radical (unpaired) electrons. The predicted octanol–water partition coefficient (Wildman–Crippen LogP) is 2.19. The average molecular weight is 248 g/mol. The van der Waals surface area contributed by atoms with Gasteiger partial charge in [-0.3, -0.25) is 9.08 Å². The average Bonchev–Trinajstić information content (AvgIpc) is 3.01. The Labute approximate surface area is 102 Å². The molecule has 0 unspecified atom stereocenters. The van der Waals surface area contributed by atoms with Gasteiger partial charge in [0.2, 0.25) is 0 Å². The van der Waals surface area contributed by atoms with Crippen molar-refractivity contribution in [1.29, 1.82) is 0 Å². The maximum Gasteiger partial charge on any atom is 0.193 e. The van der Waals surface area contributed by atoms with E-state index in [4.69, 9.17) is 4.74 Å². The van der Waals surface area contributed by atoms with Gasteiger partial charge >= 0.3 is 0 Å². The topological polar surface area (TPSA) is 44.4 Å². The molecule has 0 atom stereocenters. The fraction of sp³-hybridized carbons (Fsp3) is 0.273. The Morgan fingerprint density at radius 3 is 3.12 bits per heavy atom. The molecule has 0 saturated carbocycles. The summed E-state index contributed by atoms with van der Waals surface area (Å²) in [5.41, 5.74) is 0.932. The van der Waals surface area contributed by atoms with E-state index in [1.54, 1.807) is 17.5 Å². The van der Waals surface area contributed by atoms with E-state index in [9.17, 15) is 0 Å². The number of rotatable bonds is 4. The minimum atomic E-state index is 0.476. The summed E-state index contributed by atoms with van der Waals surface area (Å²) in [7, 11) is 0. The highest BCUT2D eigenvalue weighted by Crippen LogP contribution is 2.14. The Kier molecular flexibility index (Phi) is 2.56. The molecule has 3 rings (SSSR count). The second kappa shape index (κ2) is 4.21. The van der Waals surface area contributed by atoms with Gasteiger partial charge in [0.25, 0.3) is 0 Å². The molecule has 6 heteroatoms. The van der Waals surface area contributed by atoms with Gasteiger partial charge in [0.05, 0.1) is 18.1 Å². The molecule has 0 amide bonds. The lowest BCUT2D eigenvalue weighted by atomic mass is 10.5. The van der Waals surface area contributed by atoms with Crippen molar-refractivity contribution in [2.45, 2.75) is 20.1 Å². The number of hydrogen-bond donors (Lipinski definition) is 0. The van der Waals surface area contributed by atoms with Crippen LogP contribution in [0.4, 0.5) is 0 Å². The summed E-state index contributed by atoms with van der Waals surface area (Å²) in [4.78, 5) is 5.44. The second-order valence-corrected chi connectivity index (χ2v) is 4.52. The van der Waals surface area contributed by atoms with E-state index >= 15 is 0 Å². The fourth-order valence-electron chi connectivity index (χ4n) is 1.59. The summed E-state index contributed by atoms with van der Waals surface area (Å²) in [6.45, 7) is 3.37. The normalized spacial score (nSPS) is 11.1. The first-order chi connectivity index (χ1) is 8.35. The zero-order chi connectivity index (χ0) is 11.7. The molecule has 0 fully saturated rings. The summed E-state index contributed by atoms with van der Waals surface area (Å²) >= 11 is 1.62. The SMILES string of the molecule is CCn1cc(OCc2cn3ccsc3n2)cn1. The van der Waals surface area contributed by atoms with Crippen LogP contribution < -0.4 is 4.74 Å². The Hall–Kier alpha value is -1.82. The van der Waals surface area contributed by atoms with Gasteiger partial charge < -0.3 is 4.74 Å². The lowest BCUT2D eigenvalue weighted by Gasteiger charge is -1.99. The summed E-state index contributed by atoms with van der Waals surface area (Å²) in [6.07, 6.45) is 7.59. The van der Waals surface area contributed by atoms with Gasteiger partial charge in [0, 0.05) is 24.3 Å². The third kappa shape index (κ3) is 2.03. The Balaban J connectivity index is 1.69. The quantitative estimate of drug-likeness (QED) is 0.711. The Morgan fingerprint density at radius 1 is 1.41 bits per heavy atom. The molecule has 3 aromatic heterocycles. The number of aryl methyl sites for hydroxylation is 1. The van der Waals surface area contributed by atoms with Gasteiger partial charge in [0.1, 0.15) is 6.61 Å². The number of fused-ring (bicyclic) bond motifs is 1. The molecular formula is C11H12N4OS. The van der Waals surface area contributed by atoms with Crippen LogP contribution in [0, 0.1) is 0 Å². The first-order valence-corrected chi connectivity index (χ1v) is 6.29. The van der Waals surface area contributed by atoms with Crippen LogP contribution in [0.5, 0.6) is 5.75 Å². The maximum atomic E-state index is 5.62. The van der Waals surface area contributed by atoms with E-state index in [0.717, 1.165) is 22.9 Å². The van der Waals surface area contributed by atoms with Crippen LogP contribution >= 0.6 is 11.3 Å². The van der Waals surface area contributed by atoms with Crippen molar-refractivity contribution in [3.63, 3.8) is 0 Å². The molecule has 88 valence electrons. The molecular weight excluding hydrogens is 236 g/mol. The predicted molar refractivity (Wildman–Crippen MR) is 65.3 cm³/mol. The molecule has 0 N–H and O–H groups in total. The number of hydrogen-bond acceptors (Lipinski definition) is 4. The van der Waals surface area contributed by atoms with Crippen molar-refractivity contribution >= 4 is 16.3 Å². The zero-order valence-electron chi connectivity index (χ0n) is 9.41. The van der Waals surface area contributed by atoms with Gasteiger partial charge in [-0.2, -0.15) is 5.10 Å². The van der Waals surface area contributed by atoms with E-state index in [0.29, 0.717) is 6.61 Å². The lowest BCUT2D eigenvalue weighted by Crippen LogP contribution is -1.95. The number of imidazole rings is 1. The Morgan fingerprint density at radius 2 is 2.35 bits per heavy atom. The highest BCUT2D eigenvalue weighted by molar-refractivity contribution is 7.15. The van der Waals surface area contributed by atoms with Crippen LogP contribution in [0.15, 0.2) is 30.2 Å². The third-order valence-electron chi connectivity index (χ3n) is 2.46. The highest BCUT2D eigenvalue weighted by atomic mass is 32.1. The van der Waals surface area contributed by atoms with Gasteiger partial charge in [-0.1, -0.05) is 0 Å². The molecule has 0 spiro atoms. The van der Waals surface area contributed by atoms with Crippen LogP contribution in [0.3, 0.4) is 0 Å². The van der Waals surface area contributed by atoms with E-state index in [2.05, 4.69) is 10.1 Å². The molecule has 5 nitrogen and oxygen atoms in total. The first-order valence-electron chi connectivity index (χ1n) is 5.41. The van der Waals surface area contributed by atoms with Crippen molar-refractivity contribution in [1.82, 2.24) is 19.2 Å². The van der Waals surface area contributed by atoms with Gasteiger partial charge in [0.15, 0.2) is 10.7 Å². The van der Waals surface area contributed by atoms with E-state index in [1.165, 1.54) is 0 Å². The van der Waals surface area contributed by atoms with Crippen molar-refractivity contribution in [2.24, 2.45) is 0 Å². The lowest BCUT2D eigenvalue weighted by molar-refractivity contribution is 0.301. The van der Waals surface area contributed by atoms with E-state index < -0.39 is 0 Å². The van der Waals surface area contributed by atoms with Gasteiger partial charge in [-0.25, -0.2) is 4.98 Å². The molecule has 0 bridgehead atoms. The molecule has 0 aliphatic carbocycles. The number of thiazole rings is 1. The molecule has 0 aliphatic heterocycles. The molecule has 0 saturated heterocycles. The maximum absolute atomic E-state index is 5.62. The second-order valence-electron chi connectivity index (χ2n) is 3.65. The van der Waals surface area contributed by atoms with Crippen molar-refractivity contribution in [3.8, 4) is 5.75 Å². The summed E-state index contributed by atoms with van der Waals surface area (Å²) < 4.78 is 9.45. The summed E-state index contributed by atoms with van der Waals surface area (Å²) in [5.74, 6) is 0.781. The molecule has 3 aromatic rings. The molecule has 17 heavy (non-hydrogen) atoms. The van der Waals surface area contributed by atoms with Gasteiger partial charge in [-0.05, 0) is 6.92 Å². The van der Waals surface area contributed by atoms with Crippen LogP contribution in [-0.2, 0) is 13.2 Å². The minimum absolute atomic E-state index is 0.476. The largest absolute Gasteiger partial charge is 0.484 e. The van der Waals surface area contributed by atoms with E-state index in [-0.39, 0.29) is 0 Å². The van der Waals surface area contributed by atoms with Crippen molar-refractivity contribution < 1.29 is 4.74 Å². The number of aromatic nitrogens is 4. The summed E-state index contributed by atoms with van der Waals surface area (Å²) in [5, 5.41) is 6.16. The van der Waals surface area contributed by atoms with Crippen LogP contribution in [0.25, 0.3) is 4.96 Å². The van der Waals surface area contributed by atoms with Crippen molar-refractivity contribution in [3.05, 3.63) is 35.9 Å². The zero-order valence-corrected chi connectivity index (χ0v) is 10.2. The number of ether oxygens (including phenoxy) is 1. The smallest absolute Gasteiger partial charge is 0.193 e. The van der Waals surface area contributed by atoms with Gasteiger partial charge in [-0.15, -0.1) is 11.3 Å². The Bertz CT molecular complexity index is 596. The number of nitrogens with zero attached hydrogens (tertiary/aromatic N) is 4. The molecule has 0 aromatic carbocycles. The molecule has 0 aliphatic rings. The standard InChI is InChI=1S/C11H12N4OS/c1-2-15-7-10(5-12-15)16-8-9-6-14-3-4-17-11(14)13-9/h3-7H,2,8H2,1H3. The van der Waals surface area contributed by atoms with E-state index in [1.807, 2.05) is 40.0 Å². The van der Waals surface area contributed by atoms with Crippen molar-refractivity contribution in [2.75, 3.05) is 0 Å². The monoisotopic (exact) mass is 248 g/mol. The fourth-order valence-corrected chi connectivity index (χ4v) is 2.31. The van der Waals surface area contributed by atoms with Crippen LogP contribution in [-0.4, -0.2) is 19.2 Å². The van der Waals surface area contributed by atoms with Crippen LogP contribution in [0.2, 0.25) is 0 Å². The first kappa shape index (κ1) is 10.3. The van der Waals surface area contributed by atoms with Crippen LogP contribution in [0.1, 0.15) is 12.6 Å². The molecule has 3 heterocycles. The summed E-state index contributed by atoms with van der Waals surface area (Å²) in [6, 6.07) is 0.